The zero-order valence-corrected chi connectivity index (χ0v) is 10.6. The van der Waals surface area contributed by atoms with Gasteiger partial charge in [0.15, 0.2) is 5.13 Å². The van der Waals surface area contributed by atoms with Crippen LogP contribution >= 0.6 is 22.9 Å². The Labute approximate surface area is 107 Å². The van der Waals surface area contributed by atoms with Gasteiger partial charge in [-0.05, 0) is 24.6 Å². The van der Waals surface area contributed by atoms with Gasteiger partial charge in [0.2, 0.25) is 0 Å². The van der Waals surface area contributed by atoms with Crippen LogP contribution in [0.5, 0.6) is 0 Å². The number of nitrogens with two attached hydrogens (primary N) is 1. The fraction of sp³-hybridized carbons (Fsp3) is 0.0909. The number of carbonyl (C=O) groups excluding carboxylic acids is 1. The average Bonchev–Trinajstić information content (AvgIpc) is 2.77. The number of nitrogens with one attached hydrogen (secondary N) is 1. The summed E-state index contributed by atoms with van der Waals surface area (Å²) in [6, 6.07) is 3.25. The molecule has 4 nitrogen and oxygen atoms in total. The van der Waals surface area contributed by atoms with E-state index in [1.54, 1.807) is 30.6 Å². The Hall–Kier alpha value is -1.59. The SMILES string of the molecule is Cc1cc(C(=O)Nc2nccs2)cc(Cl)c1N. The fourth-order valence-electron chi connectivity index (χ4n) is 1.34. The van der Waals surface area contributed by atoms with E-state index in [1.165, 1.54) is 11.3 Å². The first-order valence-electron chi connectivity index (χ1n) is 4.84. The van der Waals surface area contributed by atoms with Crippen molar-refractivity contribution in [3.8, 4) is 0 Å². The summed E-state index contributed by atoms with van der Waals surface area (Å²) in [5.41, 5.74) is 7.46. The molecule has 0 bridgehead atoms. The molecule has 0 saturated heterocycles. The first-order chi connectivity index (χ1) is 8.08. The number of nitrogens with zero attached hydrogens (tertiary/aromatic N) is 1. The number of carbonyl (C=O) groups is 1. The van der Waals surface area contributed by atoms with Crippen LogP contribution in [0.1, 0.15) is 15.9 Å². The lowest BCUT2D eigenvalue weighted by Crippen LogP contribution is -2.12. The molecule has 0 aliphatic carbocycles. The number of aryl methyl sites for hydroxylation is 1. The second kappa shape index (κ2) is 4.73. The fourth-order valence-corrected chi connectivity index (χ4v) is 2.13. The van der Waals surface area contributed by atoms with Gasteiger partial charge in [0, 0.05) is 17.1 Å². The summed E-state index contributed by atoms with van der Waals surface area (Å²) < 4.78 is 0. The third-order valence-corrected chi connectivity index (χ3v) is 3.25. The molecule has 0 spiro atoms. The monoisotopic (exact) mass is 267 g/mol. The van der Waals surface area contributed by atoms with E-state index in [9.17, 15) is 4.79 Å². The minimum absolute atomic E-state index is 0.245. The van der Waals surface area contributed by atoms with E-state index in [1.807, 2.05) is 0 Å². The molecule has 1 heterocycles. The maximum absolute atomic E-state index is 11.9. The molecule has 0 aliphatic rings. The molecular weight excluding hydrogens is 258 g/mol. The molecule has 0 radical (unpaired) electrons. The van der Waals surface area contributed by atoms with Gasteiger partial charge in [-0.2, -0.15) is 0 Å². The zero-order chi connectivity index (χ0) is 12.4. The van der Waals surface area contributed by atoms with Crippen molar-refractivity contribution >= 4 is 39.7 Å². The Morgan fingerprint density at radius 3 is 2.88 bits per heavy atom. The van der Waals surface area contributed by atoms with Crippen LogP contribution in [0, 0.1) is 6.92 Å². The molecule has 3 N–H and O–H groups in total. The standard InChI is InChI=1S/C11H10ClN3OS/c1-6-4-7(5-8(12)9(6)13)10(16)15-11-14-2-3-17-11/h2-5H,13H2,1H3,(H,14,15,16). The van der Waals surface area contributed by atoms with E-state index in [2.05, 4.69) is 10.3 Å². The highest BCUT2D eigenvalue weighted by molar-refractivity contribution is 7.13. The lowest BCUT2D eigenvalue weighted by atomic mass is 10.1. The van der Waals surface area contributed by atoms with Crippen LogP contribution in [0.3, 0.4) is 0 Å². The largest absolute Gasteiger partial charge is 0.397 e. The van der Waals surface area contributed by atoms with Gasteiger partial charge >= 0.3 is 0 Å². The Morgan fingerprint density at radius 2 is 2.29 bits per heavy atom. The highest BCUT2D eigenvalue weighted by Gasteiger charge is 2.11. The molecule has 2 aromatic rings. The molecule has 1 amide bonds. The highest BCUT2D eigenvalue weighted by atomic mass is 35.5. The lowest BCUT2D eigenvalue weighted by Gasteiger charge is -2.07. The van der Waals surface area contributed by atoms with Crippen molar-refractivity contribution in [1.82, 2.24) is 4.98 Å². The number of halogens is 1. The minimum atomic E-state index is -0.245. The molecule has 88 valence electrons. The van der Waals surface area contributed by atoms with Gasteiger partial charge in [-0.3, -0.25) is 10.1 Å². The molecule has 0 atom stereocenters. The molecule has 0 fully saturated rings. The number of rotatable bonds is 2. The van der Waals surface area contributed by atoms with Gasteiger partial charge in [-0.25, -0.2) is 4.98 Å². The summed E-state index contributed by atoms with van der Waals surface area (Å²) in [4.78, 5) is 15.9. The molecule has 1 aromatic heterocycles. The lowest BCUT2D eigenvalue weighted by molar-refractivity contribution is 0.102. The van der Waals surface area contributed by atoms with E-state index in [0.717, 1.165) is 5.56 Å². The first-order valence-corrected chi connectivity index (χ1v) is 6.10. The second-order valence-corrected chi connectivity index (χ2v) is 4.78. The smallest absolute Gasteiger partial charge is 0.257 e. The maximum atomic E-state index is 11.9. The molecule has 17 heavy (non-hydrogen) atoms. The number of amides is 1. The highest BCUT2D eigenvalue weighted by Crippen LogP contribution is 2.24. The molecule has 0 unspecified atom stereocenters. The van der Waals surface area contributed by atoms with Gasteiger partial charge in [-0.1, -0.05) is 11.6 Å². The van der Waals surface area contributed by atoms with E-state index in [4.69, 9.17) is 17.3 Å². The molecule has 0 aliphatic heterocycles. The normalized spacial score (nSPS) is 10.2. The van der Waals surface area contributed by atoms with Crippen molar-refractivity contribution < 1.29 is 4.79 Å². The minimum Gasteiger partial charge on any atom is -0.397 e. The Bertz CT molecular complexity index is 531. The van der Waals surface area contributed by atoms with Crippen molar-refractivity contribution in [2.24, 2.45) is 0 Å². The molecule has 0 saturated carbocycles. The first kappa shape index (κ1) is 11.9. The van der Waals surface area contributed by atoms with Crippen LogP contribution in [0.4, 0.5) is 10.8 Å². The summed E-state index contributed by atoms with van der Waals surface area (Å²) in [5.74, 6) is -0.245. The van der Waals surface area contributed by atoms with Crippen LogP contribution in [0.15, 0.2) is 23.7 Å². The summed E-state index contributed by atoms with van der Waals surface area (Å²) in [6.45, 7) is 1.81. The van der Waals surface area contributed by atoms with Crippen LogP contribution in [0.2, 0.25) is 5.02 Å². The van der Waals surface area contributed by atoms with Gasteiger partial charge in [0.1, 0.15) is 0 Å². The van der Waals surface area contributed by atoms with Crippen molar-refractivity contribution in [1.29, 1.82) is 0 Å². The molecule has 1 aromatic carbocycles. The quantitative estimate of drug-likeness (QED) is 0.822. The number of hydrogen-bond acceptors (Lipinski definition) is 4. The summed E-state index contributed by atoms with van der Waals surface area (Å²) in [6.07, 6.45) is 1.63. The molecule has 6 heteroatoms. The van der Waals surface area contributed by atoms with Gasteiger partial charge in [0.25, 0.3) is 5.91 Å². The zero-order valence-electron chi connectivity index (χ0n) is 9.03. The van der Waals surface area contributed by atoms with Gasteiger partial charge in [-0.15, -0.1) is 11.3 Å². The van der Waals surface area contributed by atoms with E-state index < -0.39 is 0 Å². The van der Waals surface area contributed by atoms with Crippen LogP contribution in [0.25, 0.3) is 0 Å². The number of nitrogen functional groups attached to an aromatic ring is 1. The predicted octanol–water partition coefficient (Wildman–Crippen LogP) is 2.94. The van der Waals surface area contributed by atoms with Crippen molar-refractivity contribution in [3.05, 3.63) is 39.9 Å². The van der Waals surface area contributed by atoms with Crippen molar-refractivity contribution in [3.63, 3.8) is 0 Å². The Morgan fingerprint density at radius 1 is 1.53 bits per heavy atom. The molecule has 2 rings (SSSR count). The number of hydrogen-bond donors (Lipinski definition) is 2. The second-order valence-electron chi connectivity index (χ2n) is 3.48. The Balaban J connectivity index is 2.26. The van der Waals surface area contributed by atoms with E-state index in [-0.39, 0.29) is 5.91 Å². The maximum Gasteiger partial charge on any atom is 0.257 e. The van der Waals surface area contributed by atoms with E-state index in [0.29, 0.717) is 21.4 Å². The molecular formula is C11H10ClN3OS. The van der Waals surface area contributed by atoms with Gasteiger partial charge in [0.05, 0.1) is 10.7 Å². The Kier molecular flexibility index (Phi) is 3.31. The summed E-state index contributed by atoms with van der Waals surface area (Å²) >= 11 is 7.28. The number of benzene rings is 1. The summed E-state index contributed by atoms with van der Waals surface area (Å²) in [7, 11) is 0. The number of thiazole rings is 1. The van der Waals surface area contributed by atoms with Crippen LogP contribution < -0.4 is 11.1 Å². The van der Waals surface area contributed by atoms with Crippen LogP contribution in [-0.4, -0.2) is 10.9 Å². The summed E-state index contributed by atoms with van der Waals surface area (Å²) in [5, 5.41) is 5.41. The van der Waals surface area contributed by atoms with Crippen molar-refractivity contribution in [2.75, 3.05) is 11.1 Å². The predicted molar refractivity (Wildman–Crippen MR) is 70.7 cm³/mol. The van der Waals surface area contributed by atoms with Crippen molar-refractivity contribution in [2.45, 2.75) is 6.92 Å². The third kappa shape index (κ3) is 2.57. The number of aromatic nitrogens is 1. The van der Waals surface area contributed by atoms with Gasteiger partial charge < -0.3 is 5.73 Å². The third-order valence-electron chi connectivity index (χ3n) is 2.25. The van der Waals surface area contributed by atoms with Crippen LogP contribution in [-0.2, 0) is 0 Å². The number of anilines is 2. The van der Waals surface area contributed by atoms with E-state index >= 15 is 0 Å². The average molecular weight is 268 g/mol. The topological polar surface area (TPSA) is 68.0 Å².